The molecule has 1 atom stereocenters. The van der Waals surface area contributed by atoms with Crippen molar-refractivity contribution in [1.29, 1.82) is 5.26 Å². The van der Waals surface area contributed by atoms with Crippen LogP contribution in [0.25, 0.3) is 0 Å². The highest BCUT2D eigenvalue weighted by Crippen LogP contribution is 2.39. The third kappa shape index (κ3) is 3.84. The molecule has 0 bridgehead atoms. The second-order valence-corrected chi connectivity index (χ2v) is 8.48. The monoisotopic (exact) mass is 387 g/mol. The number of carbonyl (C=O) groups excluding carboxylic acids is 1. The zero-order valence-electron chi connectivity index (χ0n) is 14.9. The number of amides is 1. The summed E-state index contributed by atoms with van der Waals surface area (Å²) in [6.07, 6.45) is 4.78. The number of thioether (sulfide) groups is 1. The van der Waals surface area contributed by atoms with Crippen molar-refractivity contribution in [2.24, 2.45) is 5.92 Å². The molecule has 3 rings (SSSR count). The first-order valence-electron chi connectivity index (χ1n) is 8.51. The Labute approximate surface area is 161 Å². The molecule has 2 aromatic rings. The number of aryl methyl sites for hydroxylation is 1. The number of rotatable bonds is 6. The Hall–Kier alpha value is -2.11. The number of nitriles is 1. The Morgan fingerprint density at radius 2 is 2.38 bits per heavy atom. The minimum absolute atomic E-state index is 0.135. The van der Waals surface area contributed by atoms with E-state index in [-0.39, 0.29) is 11.7 Å². The SMILES string of the molecule is C=CCn1c(C)nnc1SCC(=O)Nc1sc2c(c1C#N)CC[C@@H](C)C2. The lowest BCUT2D eigenvalue weighted by Gasteiger charge is -2.17. The molecule has 2 heterocycles. The summed E-state index contributed by atoms with van der Waals surface area (Å²) in [5, 5.41) is 22.0. The predicted octanol–water partition coefficient (Wildman–Crippen LogP) is 3.56. The zero-order chi connectivity index (χ0) is 18.7. The second kappa shape index (κ2) is 8.06. The fourth-order valence-electron chi connectivity index (χ4n) is 3.06. The number of nitrogens with one attached hydrogen (secondary N) is 1. The van der Waals surface area contributed by atoms with Gasteiger partial charge in [0.2, 0.25) is 5.91 Å². The highest BCUT2D eigenvalue weighted by Gasteiger charge is 2.24. The molecular formula is C18H21N5OS2. The van der Waals surface area contributed by atoms with Gasteiger partial charge in [-0.25, -0.2) is 0 Å². The highest BCUT2D eigenvalue weighted by molar-refractivity contribution is 7.99. The molecule has 0 saturated heterocycles. The molecule has 0 aromatic carbocycles. The van der Waals surface area contributed by atoms with Gasteiger partial charge in [-0.2, -0.15) is 5.26 Å². The van der Waals surface area contributed by atoms with E-state index in [0.717, 1.165) is 30.7 Å². The molecule has 0 radical (unpaired) electrons. The summed E-state index contributed by atoms with van der Waals surface area (Å²) >= 11 is 2.88. The van der Waals surface area contributed by atoms with E-state index in [1.54, 1.807) is 17.4 Å². The van der Waals surface area contributed by atoms with Gasteiger partial charge in [0.15, 0.2) is 5.16 Å². The van der Waals surface area contributed by atoms with Crippen molar-refractivity contribution >= 4 is 34.0 Å². The van der Waals surface area contributed by atoms with Crippen LogP contribution in [0, 0.1) is 24.2 Å². The Balaban J connectivity index is 1.68. The van der Waals surface area contributed by atoms with Crippen LogP contribution in [0.2, 0.25) is 0 Å². The Morgan fingerprint density at radius 3 is 3.12 bits per heavy atom. The number of thiophene rings is 1. The summed E-state index contributed by atoms with van der Waals surface area (Å²) in [7, 11) is 0. The molecule has 26 heavy (non-hydrogen) atoms. The van der Waals surface area contributed by atoms with Gasteiger partial charge >= 0.3 is 0 Å². The van der Waals surface area contributed by atoms with Crippen LogP contribution in [0.15, 0.2) is 17.8 Å². The number of aromatic nitrogens is 3. The van der Waals surface area contributed by atoms with Crippen LogP contribution in [0.5, 0.6) is 0 Å². The molecule has 0 spiro atoms. The third-order valence-electron chi connectivity index (χ3n) is 4.42. The average molecular weight is 388 g/mol. The lowest BCUT2D eigenvalue weighted by Crippen LogP contribution is -2.15. The van der Waals surface area contributed by atoms with E-state index in [1.165, 1.54) is 16.6 Å². The number of nitrogens with zero attached hydrogens (tertiary/aromatic N) is 4. The molecule has 1 N–H and O–H groups in total. The molecule has 6 nitrogen and oxygen atoms in total. The van der Waals surface area contributed by atoms with Gasteiger partial charge in [0, 0.05) is 11.4 Å². The topological polar surface area (TPSA) is 83.6 Å². The van der Waals surface area contributed by atoms with E-state index in [9.17, 15) is 10.1 Å². The van der Waals surface area contributed by atoms with Crippen LogP contribution in [-0.2, 0) is 24.2 Å². The number of carbonyl (C=O) groups is 1. The number of anilines is 1. The molecule has 8 heteroatoms. The number of hydrogen-bond acceptors (Lipinski definition) is 6. The first kappa shape index (κ1) is 18.7. The van der Waals surface area contributed by atoms with Crippen molar-refractivity contribution in [1.82, 2.24) is 14.8 Å². The molecule has 1 aliphatic rings. The normalized spacial score (nSPS) is 16.0. The van der Waals surface area contributed by atoms with Crippen LogP contribution in [0.4, 0.5) is 5.00 Å². The Bertz CT molecular complexity index is 877. The van der Waals surface area contributed by atoms with Crippen LogP contribution < -0.4 is 5.32 Å². The van der Waals surface area contributed by atoms with Crippen LogP contribution >= 0.6 is 23.1 Å². The van der Waals surface area contributed by atoms with E-state index < -0.39 is 0 Å². The summed E-state index contributed by atoms with van der Waals surface area (Å²) < 4.78 is 1.91. The fourth-order valence-corrected chi connectivity index (χ4v) is 5.23. The van der Waals surface area contributed by atoms with E-state index in [4.69, 9.17) is 0 Å². The average Bonchev–Trinajstić information content (AvgIpc) is 3.13. The predicted molar refractivity (Wildman–Crippen MR) is 105 cm³/mol. The van der Waals surface area contributed by atoms with Crippen molar-refractivity contribution in [2.75, 3.05) is 11.1 Å². The first-order chi connectivity index (χ1) is 12.5. The summed E-state index contributed by atoms with van der Waals surface area (Å²) in [4.78, 5) is 13.6. The van der Waals surface area contributed by atoms with Gasteiger partial charge in [-0.3, -0.25) is 4.79 Å². The highest BCUT2D eigenvalue weighted by atomic mass is 32.2. The van der Waals surface area contributed by atoms with Crippen molar-refractivity contribution in [3.05, 3.63) is 34.5 Å². The summed E-state index contributed by atoms with van der Waals surface area (Å²) in [6.45, 7) is 8.44. The lowest BCUT2D eigenvalue weighted by molar-refractivity contribution is -0.113. The minimum atomic E-state index is -0.135. The van der Waals surface area contributed by atoms with E-state index in [1.807, 2.05) is 11.5 Å². The number of allylic oxidation sites excluding steroid dienone is 1. The first-order valence-corrected chi connectivity index (χ1v) is 10.3. The summed E-state index contributed by atoms with van der Waals surface area (Å²) in [5.74, 6) is 1.51. The minimum Gasteiger partial charge on any atom is -0.316 e. The van der Waals surface area contributed by atoms with Crippen LogP contribution in [-0.4, -0.2) is 26.4 Å². The van der Waals surface area contributed by atoms with Gasteiger partial charge in [-0.1, -0.05) is 24.8 Å². The van der Waals surface area contributed by atoms with Gasteiger partial charge in [0.1, 0.15) is 16.9 Å². The van der Waals surface area contributed by atoms with Crippen LogP contribution in [0.1, 0.15) is 35.2 Å². The summed E-state index contributed by atoms with van der Waals surface area (Å²) in [5.41, 5.74) is 1.76. The largest absolute Gasteiger partial charge is 0.316 e. The molecule has 136 valence electrons. The second-order valence-electron chi connectivity index (χ2n) is 6.43. The van der Waals surface area contributed by atoms with Gasteiger partial charge in [0.25, 0.3) is 0 Å². The molecule has 1 amide bonds. The van der Waals surface area contributed by atoms with Gasteiger partial charge < -0.3 is 9.88 Å². The zero-order valence-corrected chi connectivity index (χ0v) is 16.5. The third-order valence-corrected chi connectivity index (χ3v) is 6.56. The van der Waals surface area contributed by atoms with Crippen molar-refractivity contribution < 1.29 is 4.79 Å². The Kier molecular flexibility index (Phi) is 5.79. The maximum absolute atomic E-state index is 12.4. The standard InChI is InChI=1S/C18H21N5OS2/c1-4-7-23-12(3)21-22-18(23)25-10-16(24)20-17-14(9-19)13-6-5-11(2)8-15(13)26-17/h4,11H,1,5-8,10H2,2-3H3,(H,20,24)/t11-/m1/s1. The maximum Gasteiger partial charge on any atom is 0.235 e. The van der Waals surface area contributed by atoms with Crippen molar-refractivity contribution in [3.63, 3.8) is 0 Å². The van der Waals surface area contributed by atoms with Crippen molar-refractivity contribution in [3.8, 4) is 6.07 Å². The molecule has 0 aliphatic heterocycles. The van der Waals surface area contributed by atoms with Gasteiger partial charge in [-0.05, 0) is 37.7 Å². The maximum atomic E-state index is 12.4. The molecular weight excluding hydrogens is 366 g/mol. The number of hydrogen-bond donors (Lipinski definition) is 1. The van der Waals surface area contributed by atoms with Crippen molar-refractivity contribution in [2.45, 2.75) is 44.8 Å². The van der Waals surface area contributed by atoms with Gasteiger partial charge in [0.05, 0.1) is 11.3 Å². The smallest absolute Gasteiger partial charge is 0.235 e. The van der Waals surface area contributed by atoms with E-state index >= 15 is 0 Å². The molecule has 0 fully saturated rings. The van der Waals surface area contributed by atoms with E-state index in [2.05, 4.69) is 35.1 Å². The fraction of sp³-hybridized carbons (Fsp3) is 0.444. The van der Waals surface area contributed by atoms with E-state index in [0.29, 0.717) is 28.2 Å². The summed E-state index contributed by atoms with van der Waals surface area (Å²) in [6, 6.07) is 2.28. The van der Waals surface area contributed by atoms with Crippen LogP contribution in [0.3, 0.4) is 0 Å². The van der Waals surface area contributed by atoms with Gasteiger partial charge in [-0.15, -0.1) is 28.1 Å². The molecule has 0 saturated carbocycles. The number of fused-ring (bicyclic) bond motifs is 1. The lowest BCUT2D eigenvalue weighted by atomic mass is 9.89. The molecule has 0 unspecified atom stereocenters. The Morgan fingerprint density at radius 1 is 1.58 bits per heavy atom. The quantitative estimate of drug-likeness (QED) is 0.605. The molecule has 2 aromatic heterocycles. The molecule has 1 aliphatic carbocycles.